The van der Waals surface area contributed by atoms with Gasteiger partial charge in [0, 0.05) is 49.9 Å². The third-order valence-corrected chi connectivity index (χ3v) is 34.1. The van der Waals surface area contributed by atoms with Gasteiger partial charge in [-0.3, -0.25) is 61.3 Å². The summed E-state index contributed by atoms with van der Waals surface area (Å²) in [5, 5.41) is 11.0. The molecule has 70 heteroatoms. The van der Waals surface area contributed by atoms with Crippen LogP contribution in [0.25, 0.3) is 44.7 Å². The smallest absolute Gasteiger partial charge is 0.351 e. The molecule has 30 atom stereocenters. The van der Waals surface area contributed by atoms with Crippen LogP contribution in [-0.2, 0) is 173 Å². The number of aryl methyl sites for hydroxylation is 2. The summed E-state index contributed by atoms with van der Waals surface area (Å²) in [6.45, 7) is -27.2. The lowest BCUT2D eigenvalue weighted by Crippen LogP contribution is -2.52. The summed E-state index contributed by atoms with van der Waals surface area (Å²) in [4.78, 5) is 192. The van der Waals surface area contributed by atoms with E-state index in [1.807, 2.05) is 0 Å². The Labute approximate surface area is 797 Å². The molecule has 9 aliphatic heterocycles. The molecular formula is C67H79N25O33P6S6-6. The lowest BCUT2D eigenvalue weighted by atomic mass is 9.94. The van der Waals surface area contributed by atoms with Gasteiger partial charge in [-0.15, -0.1) is 0 Å². The van der Waals surface area contributed by atoms with E-state index in [9.17, 15) is 43.8 Å². The van der Waals surface area contributed by atoms with Crippen LogP contribution in [0.4, 0.5) is 29.4 Å². The molecule has 19 rings (SSSR count). The first-order valence-electron chi connectivity index (χ1n) is 41.0. The van der Waals surface area contributed by atoms with Crippen LogP contribution < -0.4 is 81.2 Å². The van der Waals surface area contributed by atoms with E-state index in [2.05, 4.69) is 69.8 Å². The lowest BCUT2D eigenvalue weighted by Gasteiger charge is -2.42. The Bertz CT molecular complexity index is 7090. The molecular weight excluding hydrogens is 2060 g/mol. The third-order valence-electron chi connectivity index (χ3n) is 24.7. The molecule has 742 valence electrons. The summed E-state index contributed by atoms with van der Waals surface area (Å²) in [7, 11) is 1.05. The van der Waals surface area contributed by atoms with Crippen molar-refractivity contribution < 1.29 is 131 Å². The number of nitrogens with zero attached hydrogens (tertiary/aromatic N) is 17. The van der Waals surface area contributed by atoms with Crippen molar-refractivity contribution in [2.45, 2.75) is 200 Å². The molecule has 58 nitrogen and oxygen atoms in total. The maximum Gasteiger partial charge on any atom is 0.351 e. The molecule has 137 heavy (non-hydrogen) atoms. The van der Waals surface area contributed by atoms with Crippen molar-refractivity contribution in [3.8, 4) is 0 Å². The number of rotatable bonds is 35. The van der Waals surface area contributed by atoms with Crippen LogP contribution in [0.1, 0.15) is 88.5 Å². The van der Waals surface area contributed by atoms with Gasteiger partial charge in [0.15, 0.2) is 70.7 Å². The fraction of sp³-hybridized carbons (Fsp3) is 0.582. The second-order valence-corrected chi connectivity index (χ2v) is 49.2. The quantitative estimate of drug-likeness (QED) is 0.0135. The fourth-order valence-electron chi connectivity index (χ4n) is 18.0. The van der Waals surface area contributed by atoms with Gasteiger partial charge in [0.05, 0.1) is 102 Å². The standard InChI is InChI=1S/C67H85N25O33P6S6/c1-24-10-87(63(97)81-48(24)68)58-42-45(65(15-93,117-58)26(3)111-42)123-130(103,136)109-17-67-28(5)113-44(60(119-67)92-23-80-41-54(92)83-62(72)85-57(41)96)47(67)125-131(104,137)110-16-66-27(4)112-43(59(118-66)88-11-25(2)55(94)86-64(88)98)46(66)124-129(102,135)108-14-34-31(9-36(115-34)90-21-78-39-50(70)74-19-76-52(39)90)122-128(101,134)107-13-33-30(8-35(114-33)89-20-77-38-49(69)73-18-75-51(38)89)121-127(100,133)106-12-32-29(120-126(99,132)105-6)7-37(116-32)91-22-79-40-53(91)82-61(71)84-56(40)95/h10-11,18-23,26-37,42-47,58-60,93H,7-9,12-17H2,1-6H3,(H,99,132)(H,100,133)(H,101,134)(H,102,135)(H,103,136)(H,104,137)(H2,68,81,97)(H2,69,73,75)(H2,70,74,76)(H,86,94,98)(H3,71,82,84,95)(H3,72,83,85,96)/p-6/t26-,27-,28-,29+,30+,31+,32+,33+,34+,35+,36+,37+,42?,43?,44?,45+,46+,47+,58+,59+,60+,65-,66-,67-,126?,127?,128?,129?,130?,131?/m0/s1. The van der Waals surface area contributed by atoms with Crippen LogP contribution in [0.2, 0.25) is 0 Å². The normalized spacial score (nSPS) is 33.9. The number of aliphatic hydroxyl groups is 1. The molecule has 9 aliphatic rings. The van der Waals surface area contributed by atoms with Crippen LogP contribution in [0.15, 0.2) is 74.3 Å². The van der Waals surface area contributed by atoms with Crippen LogP contribution in [0, 0.1) is 13.8 Å². The second-order valence-electron chi connectivity index (χ2n) is 32.9. The number of aromatic nitrogens is 20. The molecule has 9 unspecified atom stereocenters. The van der Waals surface area contributed by atoms with Gasteiger partial charge in [-0.05, 0) is 34.6 Å². The summed E-state index contributed by atoms with van der Waals surface area (Å²) in [5.41, 5.74) is 20.2. The number of hydrogen-bond acceptors (Lipinski definition) is 55. The predicted molar refractivity (Wildman–Crippen MR) is 475 cm³/mol. The topological polar surface area (TPSA) is 781 Å². The molecule has 10 aromatic heterocycles. The monoisotopic (exact) mass is 2140 g/mol. The molecule has 9 fully saturated rings. The summed E-state index contributed by atoms with van der Waals surface area (Å²) in [6, 6.07) is 0. The number of fused-ring (bicyclic) bond motifs is 10. The van der Waals surface area contributed by atoms with Crippen LogP contribution in [0.5, 0.6) is 0 Å². The Balaban J connectivity index is 0.575. The first kappa shape index (κ1) is 98.9. The summed E-state index contributed by atoms with van der Waals surface area (Å²) >= 11 is 33.2. The molecule has 0 saturated carbocycles. The highest BCUT2D eigenvalue weighted by atomic mass is 32.7. The lowest BCUT2D eigenvalue weighted by molar-refractivity contribution is -0.240. The third kappa shape index (κ3) is 18.5. The Morgan fingerprint density at radius 1 is 0.460 bits per heavy atom. The molecule has 0 spiro atoms. The largest absolute Gasteiger partial charge is 0.780 e. The van der Waals surface area contributed by atoms with E-state index in [-0.39, 0.29) is 98.8 Å². The van der Waals surface area contributed by atoms with Crippen molar-refractivity contribution in [2.24, 2.45) is 0 Å². The van der Waals surface area contributed by atoms with E-state index < -0.39 is 254 Å². The Morgan fingerprint density at radius 2 is 0.847 bits per heavy atom. The number of aromatic amines is 3. The molecule has 9 saturated heterocycles. The number of hydrogen-bond donors (Lipinski definition) is 9. The molecule has 0 amide bonds. The number of H-pyrrole nitrogens is 3. The number of aliphatic hydroxyl groups excluding tert-OH is 1. The number of anilines is 5. The van der Waals surface area contributed by atoms with E-state index in [0.29, 0.717) is 5.56 Å². The van der Waals surface area contributed by atoms with E-state index >= 15 is 14.4 Å². The van der Waals surface area contributed by atoms with Crippen LogP contribution >= 0.6 is 40.4 Å². The van der Waals surface area contributed by atoms with Crippen molar-refractivity contribution in [1.29, 1.82) is 0 Å². The summed E-state index contributed by atoms with van der Waals surface area (Å²) in [5.74, 6) is -0.727. The summed E-state index contributed by atoms with van der Waals surface area (Å²) < 4.78 is 153. The molecule has 10 aromatic rings. The first-order valence-corrected chi connectivity index (χ1v) is 56.3. The number of nitrogen functional groups attached to an aromatic ring is 5. The van der Waals surface area contributed by atoms with E-state index in [4.69, 9.17) is 197 Å². The zero-order valence-corrected chi connectivity index (χ0v) is 81.5. The van der Waals surface area contributed by atoms with Crippen molar-refractivity contribution in [3.63, 3.8) is 0 Å². The van der Waals surface area contributed by atoms with Gasteiger partial charge in [0.25, 0.3) is 16.7 Å². The average molecular weight is 2140 g/mol. The zero-order chi connectivity index (χ0) is 97.4. The summed E-state index contributed by atoms with van der Waals surface area (Å²) in [6.07, 6.45) is -20.4. The predicted octanol–water partition coefficient (Wildman–Crippen LogP) is -4.09. The molecule has 6 bridgehead atoms. The van der Waals surface area contributed by atoms with Gasteiger partial charge in [-0.25, -0.2) is 49.5 Å². The Morgan fingerprint density at radius 3 is 1.33 bits per heavy atom. The highest BCUT2D eigenvalue weighted by Crippen LogP contribution is 2.64. The van der Waals surface area contributed by atoms with E-state index in [1.165, 1.54) is 71.1 Å². The Kier molecular flexibility index (Phi) is 26.5. The molecule has 0 radical (unpaired) electrons. The van der Waals surface area contributed by atoms with Gasteiger partial charge < -0.3 is 167 Å². The van der Waals surface area contributed by atoms with Crippen molar-refractivity contribution in [3.05, 3.63) is 114 Å². The van der Waals surface area contributed by atoms with Gasteiger partial charge in [-0.1, -0.05) is 59.0 Å². The van der Waals surface area contributed by atoms with Crippen LogP contribution in [-0.4, -0.2) is 257 Å². The van der Waals surface area contributed by atoms with Crippen molar-refractivity contribution in [1.82, 2.24) is 97.2 Å². The number of nitrogens with one attached hydrogen (secondary N) is 3. The molecule has 19 heterocycles. The average Bonchev–Trinajstić information content (AvgIpc) is 1.56. The zero-order valence-electron chi connectivity index (χ0n) is 71.2. The minimum atomic E-state index is -5.24. The van der Waals surface area contributed by atoms with Gasteiger partial charge in [-0.2, -0.15) is 15.0 Å². The minimum Gasteiger partial charge on any atom is -0.780 e. The molecule has 0 aliphatic carbocycles. The highest BCUT2D eigenvalue weighted by molar-refractivity contribution is 8.32. The van der Waals surface area contributed by atoms with Crippen LogP contribution in [0.3, 0.4) is 0 Å². The number of ether oxygens (including phenoxy) is 9. The first-order chi connectivity index (χ1) is 64.7. The van der Waals surface area contributed by atoms with E-state index in [1.54, 1.807) is 6.92 Å². The van der Waals surface area contributed by atoms with Crippen molar-refractivity contribution >= 4 is 186 Å². The minimum absolute atomic E-state index is 0.00552. The van der Waals surface area contributed by atoms with E-state index in [0.717, 1.165) is 41.4 Å². The maximum absolute atomic E-state index is 15.6. The van der Waals surface area contributed by atoms with Crippen molar-refractivity contribution in [2.75, 3.05) is 75.4 Å². The van der Waals surface area contributed by atoms with Gasteiger partial charge >= 0.3 is 11.4 Å². The fourth-order valence-corrected chi connectivity index (χ4v) is 26.1. The number of nitrogens with two attached hydrogens (primary N) is 5. The highest BCUT2D eigenvalue weighted by Gasteiger charge is 2.72. The van der Waals surface area contributed by atoms with Gasteiger partial charge in [0.2, 0.25) is 11.9 Å². The molecule has 14 N–H and O–H groups in total. The Hall–Kier alpha value is -6.89. The van der Waals surface area contributed by atoms with Gasteiger partial charge in [0.1, 0.15) is 154 Å². The maximum atomic E-state index is 15.6. The second kappa shape index (κ2) is 36.8. The number of imidazole rings is 4. The molecule has 0 aromatic carbocycles. The SMILES string of the molecule is COP([O-])(=S)O[C@@H]1C[C@H](n2cnc3c(=O)[nH]c(N)nc32)O[C@@H]1COP([O-])(=S)O[C@@H]1C[C@H](n2cnc3c(N)ncnc32)O[C@@H]1COP([O-])(=S)O[C@@H]1C[C@H](n2cnc3c(N)ncnc32)O[C@@H]1COP([O-])(=S)O[C@@H]1C2O[C@@H](C)[C@]1(COP(=O)([S-])O[C@@H]1C3O[C@@H](C)[C@]1(COP([O-])(=S)O[C@@H]1C4O[C@@H](C)[C@]1(CO)O[C@H]4n1cc(C)c(N)nc1=O)O[C@H]3n1cnc3c(=O)[nH]c(N)nc31)O[C@H]2n1cc(C)c(=O)[nH]c1=O.